The molecule has 1 saturated heterocycles. The van der Waals surface area contributed by atoms with Gasteiger partial charge < -0.3 is 13.8 Å². The third kappa shape index (κ3) is 2.80. The highest BCUT2D eigenvalue weighted by Gasteiger charge is 2.41. The molecule has 0 N–H and O–H groups in total. The van der Waals surface area contributed by atoms with Crippen molar-refractivity contribution in [1.29, 1.82) is 0 Å². The Morgan fingerprint density at radius 3 is 2.29 bits per heavy atom. The van der Waals surface area contributed by atoms with Crippen molar-refractivity contribution in [2.75, 3.05) is 12.8 Å². The zero-order chi connectivity index (χ0) is 10.8. The lowest BCUT2D eigenvalue weighted by molar-refractivity contribution is -0.140. The number of rotatable bonds is 3. The van der Waals surface area contributed by atoms with Gasteiger partial charge in [-0.2, -0.15) is 0 Å². The van der Waals surface area contributed by atoms with Gasteiger partial charge >= 0.3 is 13.6 Å². The van der Waals surface area contributed by atoms with Gasteiger partial charge in [-0.1, -0.05) is 0 Å². The summed E-state index contributed by atoms with van der Waals surface area (Å²) in [5, 5.41) is 0. The number of hydrogen-bond acceptors (Lipinski definition) is 5. The Morgan fingerprint density at radius 2 is 1.86 bits per heavy atom. The van der Waals surface area contributed by atoms with E-state index in [0.29, 0.717) is 0 Å². The van der Waals surface area contributed by atoms with Crippen LogP contribution in [-0.2, 0) is 23.1 Å². The van der Waals surface area contributed by atoms with Gasteiger partial charge in [0.25, 0.3) is 0 Å². The average Bonchev–Trinajstić information content (AvgIpc) is 2.25. The fraction of sp³-hybridized carbons (Fsp3) is 0.875. The summed E-state index contributed by atoms with van der Waals surface area (Å²) in [7, 11) is -3.24. The Hall–Kier alpha value is -0.380. The summed E-state index contributed by atoms with van der Waals surface area (Å²) in [6, 6.07) is 0. The van der Waals surface area contributed by atoms with Crippen LogP contribution < -0.4 is 0 Å². The Labute approximate surface area is 83.3 Å². The van der Waals surface area contributed by atoms with E-state index in [2.05, 4.69) is 4.74 Å². The zero-order valence-corrected chi connectivity index (χ0v) is 9.45. The van der Waals surface area contributed by atoms with Crippen LogP contribution in [0, 0.1) is 0 Å². The Kier molecular flexibility index (Phi) is 3.70. The van der Waals surface area contributed by atoms with Crippen LogP contribution >= 0.6 is 7.60 Å². The minimum atomic E-state index is -3.24. The smallest absolute Gasteiger partial charge is 0.342 e. The summed E-state index contributed by atoms with van der Waals surface area (Å²) in [4.78, 5) is 11.1. The standard InChI is InChI=1S/C8H15O5P/c1-4-11-8(9)5-14(10)12-6(2)7(3)13-14/h6-7H,4-5H2,1-3H3. The molecule has 0 spiro atoms. The van der Waals surface area contributed by atoms with Gasteiger partial charge in [0.1, 0.15) is 6.16 Å². The van der Waals surface area contributed by atoms with Crippen molar-refractivity contribution < 1.29 is 23.1 Å². The van der Waals surface area contributed by atoms with Crippen LogP contribution in [0.4, 0.5) is 0 Å². The molecule has 1 aliphatic rings. The van der Waals surface area contributed by atoms with Gasteiger partial charge in [-0.3, -0.25) is 9.36 Å². The van der Waals surface area contributed by atoms with Gasteiger partial charge in [-0.25, -0.2) is 0 Å². The molecule has 6 heteroatoms. The largest absolute Gasteiger partial charge is 0.466 e. The third-order valence-electron chi connectivity index (χ3n) is 1.94. The van der Waals surface area contributed by atoms with Crippen molar-refractivity contribution in [3.63, 3.8) is 0 Å². The fourth-order valence-electron chi connectivity index (χ4n) is 1.14. The van der Waals surface area contributed by atoms with Crippen LogP contribution in [0.1, 0.15) is 20.8 Å². The molecule has 0 amide bonds. The minimum Gasteiger partial charge on any atom is -0.466 e. The van der Waals surface area contributed by atoms with E-state index in [0.717, 1.165) is 0 Å². The van der Waals surface area contributed by atoms with E-state index in [1.807, 2.05) is 0 Å². The maximum Gasteiger partial charge on any atom is 0.342 e. The number of esters is 1. The van der Waals surface area contributed by atoms with E-state index in [1.54, 1.807) is 20.8 Å². The summed E-state index contributed by atoms with van der Waals surface area (Å²) >= 11 is 0. The second-order valence-electron chi connectivity index (χ2n) is 3.20. The third-order valence-corrected chi connectivity index (χ3v) is 3.90. The van der Waals surface area contributed by atoms with Crippen molar-refractivity contribution in [3.8, 4) is 0 Å². The second-order valence-corrected chi connectivity index (χ2v) is 5.15. The first-order valence-corrected chi connectivity index (χ1v) is 6.31. The summed E-state index contributed by atoms with van der Waals surface area (Å²) in [6.45, 7) is 5.48. The van der Waals surface area contributed by atoms with Gasteiger partial charge in [0.2, 0.25) is 0 Å². The molecule has 82 valence electrons. The maximum atomic E-state index is 11.8. The molecule has 1 fully saturated rings. The molecule has 0 aromatic carbocycles. The van der Waals surface area contributed by atoms with E-state index < -0.39 is 13.6 Å². The lowest BCUT2D eigenvalue weighted by atomic mass is 10.3. The van der Waals surface area contributed by atoms with E-state index >= 15 is 0 Å². The Bertz CT molecular complexity index is 250. The van der Waals surface area contributed by atoms with Crippen LogP contribution in [0.15, 0.2) is 0 Å². The van der Waals surface area contributed by atoms with E-state index in [1.165, 1.54) is 0 Å². The van der Waals surface area contributed by atoms with Crippen molar-refractivity contribution in [1.82, 2.24) is 0 Å². The number of carbonyl (C=O) groups is 1. The average molecular weight is 222 g/mol. The first kappa shape index (κ1) is 11.7. The molecular formula is C8H15O5P. The highest BCUT2D eigenvalue weighted by atomic mass is 31.2. The lowest BCUT2D eigenvalue weighted by Gasteiger charge is -2.08. The van der Waals surface area contributed by atoms with Gasteiger partial charge in [0.15, 0.2) is 0 Å². The second kappa shape index (κ2) is 4.43. The monoisotopic (exact) mass is 222 g/mol. The fourth-order valence-corrected chi connectivity index (χ4v) is 3.10. The number of carbonyl (C=O) groups excluding carboxylic acids is 1. The predicted molar refractivity (Wildman–Crippen MR) is 50.2 cm³/mol. The quantitative estimate of drug-likeness (QED) is 0.535. The zero-order valence-electron chi connectivity index (χ0n) is 8.56. The summed E-state index contributed by atoms with van der Waals surface area (Å²) in [5.41, 5.74) is 0. The molecule has 2 unspecified atom stereocenters. The van der Waals surface area contributed by atoms with Crippen molar-refractivity contribution in [3.05, 3.63) is 0 Å². The van der Waals surface area contributed by atoms with Crippen molar-refractivity contribution in [2.45, 2.75) is 33.0 Å². The SMILES string of the molecule is CCOC(=O)CP1(=O)OC(C)C(C)O1. The minimum absolute atomic E-state index is 0.241. The molecule has 0 aliphatic carbocycles. The molecule has 0 aromatic rings. The van der Waals surface area contributed by atoms with Crippen LogP contribution in [0.2, 0.25) is 0 Å². The summed E-state index contributed by atoms with van der Waals surface area (Å²) in [5.74, 6) is -0.544. The van der Waals surface area contributed by atoms with Gasteiger partial charge in [0, 0.05) is 0 Å². The molecule has 1 rings (SSSR count). The predicted octanol–water partition coefficient (Wildman–Crippen LogP) is 1.57. The summed E-state index contributed by atoms with van der Waals surface area (Å²) in [6.07, 6.45) is -0.777. The molecule has 5 nitrogen and oxygen atoms in total. The molecule has 0 saturated carbocycles. The van der Waals surface area contributed by atoms with Crippen molar-refractivity contribution >= 4 is 13.6 Å². The maximum absolute atomic E-state index is 11.8. The molecule has 1 heterocycles. The molecule has 2 atom stereocenters. The van der Waals surface area contributed by atoms with Gasteiger partial charge in [-0.05, 0) is 20.8 Å². The highest BCUT2D eigenvalue weighted by molar-refractivity contribution is 7.55. The van der Waals surface area contributed by atoms with E-state index in [-0.39, 0.29) is 25.0 Å². The summed E-state index contributed by atoms with van der Waals surface area (Å²) < 4.78 is 26.7. The van der Waals surface area contributed by atoms with E-state index in [9.17, 15) is 9.36 Å². The molecule has 0 aromatic heterocycles. The molecule has 0 bridgehead atoms. The van der Waals surface area contributed by atoms with E-state index in [4.69, 9.17) is 9.05 Å². The molecule has 0 radical (unpaired) electrons. The van der Waals surface area contributed by atoms with Gasteiger partial charge in [0.05, 0.1) is 18.8 Å². The van der Waals surface area contributed by atoms with Crippen LogP contribution in [-0.4, -0.2) is 30.9 Å². The normalized spacial score (nSPS) is 37.1. The number of hydrogen-bond donors (Lipinski definition) is 0. The molecule has 1 aliphatic heterocycles. The van der Waals surface area contributed by atoms with Crippen LogP contribution in [0.5, 0.6) is 0 Å². The van der Waals surface area contributed by atoms with Crippen LogP contribution in [0.25, 0.3) is 0 Å². The Balaban J connectivity index is 2.52. The first-order chi connectivity index (χ1) is 6.47. The molecule has 14 heavy (non-hydrogen) atoms. The topological polar surface area (TPSA) is 61.8 Å². The Morgan fingerprint density at radius 1 is 1.36 bits per heavy atom. The van der Waals surface area contributed by atoms with Gasteiger partial charge in [-0.15, -0.1) is 0 Å². The lowest BCUT2D eigenvalue weighted by Crippen LogP contribution is -2.13. The van der Waals surface area contributed by atoms with Crippen LogP contribution in [0.3, 0.4) is 0 Å². The first-order valence-electron chi connectivity index (χ1n) is 4.58. The highest BCUT2D eigenvalue weighted by Crippen LogP contribution is 2.56. The molecular weight excluding hydrogens is 207 g/mol. The van der Waals surface area contributed by atoms with Crippen molar-refractivity contribution in [2.24, 2.45) is 0 Å². The number of ether oxygens (including phenoxy) is 1.